The molecule has 3 rings (SSSR count). The van der Waals surface area contributed by atoms with E-state index >= 15 is 0 Å². The predicted molar refractivity (Wildman–Crippen MR) is 74.7 cm³/mol. The Hall–Kier alpha value is 0.230. The van der Waals surface area contributed by atoms with E-state index in [1.165, 1.54) is 70.2 Å². The Kier molecular flexibility index (Phi) is 4.27. The molecule has 3 aliphatic rings. The van der Waals surface area contributed by atoms with Crippen LogP contribution in [0.15, 0.2) is 0 Å². The summed E-state index contributed by atoms with van der Waals surface area (Å²) in [6.07, 6.45) is 2.80. The smallest absolute Gasteiger partial charge is 0.0121 e. The van der Waals surface area contributed by atoms with Gasteiger partial charge in [0.1, 0.15) is 0 Å². The molecule has 0 radical (unpaired) electrons. The second-order valence-electron chi connectivity index (χ2n) is 5.65. The van der Waals surface area contributed by atoms with Gasteiger partial charge in [-0.05, 0) is 31.8 Å². The normalized spacial score (nSPS) is 38.5. The van der Waals surface area contributed by atoms with Gasteiger partial charge in [0.15, 0.2) is 0 Å². The highest BCUT2D eigenvalue weighted by molar-refractivity contribution is 7.99. The van der Waals surface area contributed by atoms with Gasteiger partial charge in [-0.2, -0.15) is 11.8 Å². The molecule has 4 heteroatoms. The summed E-state index contributed by atoms with van der Waals surface area (Å²) in [6, 6.07) is 0.813. The van der Waals surface area contributed by atoms with Gasteiger partial charge >= 0.3 is 0 Å². The van der Waals surface area contributed by atoms with E-state index in [4.69, 9.17) is 0 Å². The number of piperidine rings is 1. The molecular formula is C13H25N3S. The van der Waals surface area contributed by atoms with Crippen LogP contribution >= 0.6 is 11.8 Å². The van der Waals surface area contributed by atoms with Gasteiger partial charge in [0.05, 0.1) is 0 Å². The van der Waals surface area contributed by atoms with Crippen molar-refractivity contribution in [3.63, 3.8) is 0 Å². The van der Waals surface area contributed by atoms with Crippen LogP contribution in [0.5, 0.6) is 0 Å². The fourth-order valence-electron chi connectivity index (χ4n) is 3.45. The van der Waals surface area contributed by atoms with E-state index in [2.05, 4.69) is 26.9 Å². The first-order chi connectivity index (χ1) is 8.42. The zero-order valence-corrected chi connectivity index (χ0v) is 11.6. The van der Waals surface area contributed by atoms with Gasteiger partial charge in [0.25, 0.3) is 0 Å². The quantitative estimate of drug-likeness (QED) is 0.797. The standard InChI is InChI=1S/C13H25N3S/c1-4-16-5-2-13(12(1)11-16)14-3-6-15-7-9-17-10-8-15/h12-14H,1-11H2. The lowest BCUT2D eigenvalue weighted by Crippen LogP contribution is -2.46. The topological polar surface area (TPSA) is 18.5 Å². The summed E-state index contributed by atoms with van der Waals surface area (Å²) in [7, 11) is 0. The van der Waals surface area contributed by atoms with Crippen LogP contribution in [0, 0.1) is 5.92 Å². The maximum Gasteiger partial charge on any atom is 0.0121 e. The summed E-state index contributed by atoms with van der Waals surface area (Å²) in [5.74, 6) is 3.61. The van der Waals surface area contributed by atoms with Crippen LogP contribution < -0.4 is 5.32 Å². The monoisotopic (exact) mass is 255 g/mol. The number of thioether (sulfide) groups is 1. The van der Waals surface area contributed by atoms with E-state index in [9.17, 15) is 0 Å². The fraction of sp³-hybridized carbons (Fsp3) is 1.00. The Morgan fingerprint density at radius 1 is 1.06 bits per heavy atom. The summed E-state index contributed by atoms with van der Waals surface area (Å²) >= 11 is 2.10. The Morgan fingerprint density at radius 2 is 1.88 bits per heavy atom. The predicted octanol–water partition coefficient (Wildman–Crippen LogP) is 0.719. The van der Waals surface area contributed by atoms with Crippen LogP contribution in [0.1, 0.15) is 12.8 Å². The van der Waals surface area contributed by atoms with Gasteiger partial charge in [0, 0.05) is 50.3 Å². The largest absolute Gasteiger partial charge is 0.312 e. The van der Waals surface area contributed by atoms with Gasteiger partial charge in [-0.1, -0.05) is 0 Å². The summed E-state index contributed by atoms with van der Waals surface area (Å²) in [5.41, 5.74) is 0. The zero-order valence-electron chi connectivity index (χ0n) is 10.7. The molecule has 3 heterocycles. The average molecular weight is 255 g/mol. The molecule has 98 valence electrons. The summed E-state index contributed by atoms with van der Waals surface area (Å²) in [6.45, 7) is 9.10. The maximum atomic E-state index is 3.82. The Morgan fingerprint density at radius 3 is 2.76 bits per heavy atom. The molecule has 3 atom stereocenters. The molecule has 3 aliphatic heterocycles. The minimum atomic E-state index is 0.813. The molecule has 3 unspecified atom stereocenters. The number of hydrogen-bond acceptors (Lipinski definition) is 4. The second-order valence-corrected chi connectivity index (χ2v) is 6.88. The molecule has 3 fully saturated rings. The van der Waals surface area contributed by atoms with E-state index in [1.54, 1.807) is 0 Å². The molecule has 0 aliphatic carbocycles. The van der Waals surface area contributed by atoms with Gasteiger partial charge in [-0.25, -0.2) is 0 Å². The molecule has 0 saturated carbocycles. The number of fused-ring (bicyclic) bond motifs is 2. The minimum absolute atomic E-state index is 0.813. The van der Waals surface area contributed by atoms with Gasteiger partial charge in [-0.15, -0.1) is 0 Å². The van der Waals surface area contributed by atoms with Crippen LogP contribution in [-0.4, -0.2) is 73.2 Å². The van der Waals surface area contributed by atoms with Gasteiger partial charge in [-0.3, -0.25) is 0 Å². The van der Waals surface area contributed by atoms with Crippen LogP contribution in [0.3, 0.4) is 0 Å². The van der Waals surface area contributed by atoms with Crippen LogP contribution in [-0.2, 0) is 0 Å². The zero-order chi connectivity index (χ0) is 11.5. The van der Waals surface area contributed by atoms with Gasteiger partial charge in [0.2, 0.25) is 0 Å². The summed E-state index contributed by atoms with van der Waals surface area (Å²) in [5, 5.41) is 3.82. The first-order valence-electron chi connectivity index (χ1n) is 7.18. The third-order valence-corrected chi connectivity index (χ3v) is 5.51. The molecule has 0 spiro atoms. The first kappa shape index (κ1) is 12.3. The van der Waals surface area contributed by atoms with E-state index in [0.29, 0.717) is 0 Å². The SMILES string of the molecule is C(CN1CCSCC1)NC1CCN2CCC1C2. The van der Waals surface area contributed by atoms with Crippen LogP contribution in [0.25, 0.3) is 0 Å². The van der Waals surface area contributed by atoms with Crippen molar-refractivity contribution in [1.82, 2.24) is 15.1 Å². The van der Waals surface area contributed by atoms with Crippen molar-refractivity contribution >= 4 is 11.8 Å². The third-order valence-electron chi connectivity index (χ3n) is 4.57. The second kappa shape index (κ2) is 5.91. The van der Waals surface area contributed by atoms with E-state index in [1.807, 2.05) is 0 Å². The summed E-state index contributed by atoms with van der Waals surface area (Å²) in [4.78, 5) is 5.25. The number of hydrogen-bond donors (Lipinski definition) is 1. The van der Waals surface area contributed by atoms with Crippen molar-refractivity contribution < 1.29 is 0 Å². The number of nitrogens with one attached hydrogen (secondary N) is 1. The summed E-state index contributed by atoms with van der Waals surface area (Å²) < 4.78 is 0. The third kappa shape index (κ3) is 3.16. The molecule has 2 bridgehead atoms. The van der Waals surface area contributed by atoms with E-state index in [-0.39, 0.29) is 0 Å². The number of nitrogens with zero attached hydrogens (tertiary/aromatic N) is 2. The van der Waals surface area contributed by atoms with Crippen molar-refractivity contribution in [1.29, 1.82) is 0 Å². The van der Waals surface area contributed by atoms with Crippen molar-refractivity contribution in [3.8, 4) is 0 Å². The van der Waals surface area contributed by atoms with Crippen molar-refractivity contribution in [2.24, 2.45) is 5.92 Å². The van der Waals surface area contributed by atoms with Crippen molar-refractivity contribution in [3.05, 3.63) is 0 Å². The lowest BCUT2D eigenvalue weighted by Gasteiger charge is -2.32. The number of rotatable bonds is 4. The van der Waals surface area contributed by atoms with Gasteiger partial charge < -0.3 is 15.1 Å². The first-order valence-corrected chi connectivity index (χ1v) is 8.33. The lowest BCUT2D eigenvalue weighted by atomic mass is 9.94. The van der Waals surface area contributed by atoms with Crippen LogP contribution in [0.4, 0.5) is 0 Å². The fourth-order valence-corrected chi connectivity index (χ4v) is 4.43. The molecular weight excluding hydrogens is 230 g/mol. The average Bonchev–Trinajstić information content (AvgIpc) is 2.76. The molecule has 0 aromatic heterocycles. The maximum absolute atomic E-state index is 3.82. The Balaban J connectivity index is 1.36. The molecule has 0 aromatic rings. The minimum Gasteiger partial charge on any atom is -0.312 e. The lowest BCUT2D eigenvalue weighted by molar-refractivity contribution is 0.213. The molecule has 1 N–H and O–H groups in total. The van der Waals surface area contributed by atoms with E-state index in [0.717, 1.165) is 12.0 Å². The highest BCUT2D eigenvalue weighted by Gasteiger charge is 2.33. The van der Waals surface area contributed by atoms with Crippen molar-refractivity contribution in [2.75, 3.05) is 57.3 Å². The highest BCUT2D eigenvalue weighted by Crippen LogP contribution is 2.26. The Labute approximate surface area is 109 Å². The molecule has 0 amide bonds. The molecule has 3 saturated heterocycles. The van der Waals surface area contributed by atoms with E-state index < -0.39 is 0 Å². The van der Waals surface area contributed by atoms with Crippen LogP contribution in [0.2, 0.25) is 0 Å². The molecule has 0 aromatic carbocycles. The highest BCUT2D eigenvalue weighted by atomic mass is 32.2. The Bertz CT molecular complexity index is 243. The van der Waals surface area contributed by atoms with Crippen molar-refractivity contribution in [2.45, 2.75) is 18.9 Å². The molecule has 17 heavy (non-hydrogen) atoms. The molecule has 3 nitrogen and oxygen atoms in total.